The standard InChI is InChI=1S/C11H14O3/c1-13-10-6-5-9(4-3-7-12)8-11(10)14-2/h3-6,8,12H,7H2,1-2H3/b4-3+/i7D2. The summed E-state index contributed by atoms with van der Waals surface area (Å²) in [5.41, 5.74) is 0.718. The van der Waals surface area contributed by atoms with Crippen LogP contribution in [0.5, 0.6) is 11.5 Å². The van der Waals surface area contributed by atoms with Crippen molar-refractivity contribution in [1.82, 2.24) is 0 Å². The first-order valence-corrected chi connectivity index (χ1v) is 4.10. The van der Waals surface area contributed by atoms with E-state index in [1.54, 1.807) is 25.3 Å². The summed E-state index contributed by atoms with van der Waals surface area (Å²) in [6.45, 7) is -2.31. The lowest BCUT2D eigenvalue weighted by Gasteiger charge is -2.07. The Morgan fingerprint density at radius 1 is 1.36 bits per heavy atom. The van der Waals surface area contributed by atoms with Gasteiger partial charge in [0.05, 0.1) is 23.5 Å². The van der Waals surface area contributed by atoms with Crippen LogP contribution in [-0.4, -0.2) is 25.9 Å². The molecule has 3 heteroatoms. The first-order valence-electron chi connectivity index (χ1n) is 5.10. The van der Waals surface area contributed by atoms with Gasteiger partial charge in [-0.25, -0.2) is 0 Å². The zero-order valence-electron chi connectivity index (χ0n) is 10.2. The highest BCUT2D eigenvalue weighted by molar-refractivity contribution is 5.55. The molecular formula is C11H14O3. The van der Waals surface area contributed by atoms with Crippen LogP contribution in [-0.2, 0) is 0 Å². The van der Waals surface area contributed by atoms with E-state index in [0.29, 0.717) is 11.5 Å². The fourth-order valence-corrected chi connectivity index (χ4v) is 1.09. The van der Waals surface area contributed by atoms with Gasteiger partial charge in [0.1, 0.15) is 0 Å². The second-order valence-electron chi connectivity index (χ2n) is 2.58. The summed E-state index contributed by atoms with van der Waals surface area (Å²) in [6.07, 6.45) is 2.54. The third kappa shape index (κ3) is 2.50. The maximum absolute atomic E-state index is 8.90. The van der Waals surface area contributed by atoms with Crippen molar-refractivity contribution in [2.45, 2.75) is 0 Å². The SMILES string of the molecule is [2H]C([2H])(O)/C=C/c1ccc(OC)c(OC)c1. The van der Waals surface area contributed by atoms with Crippen molar-refractivity contribution in [3.8, 4) is 11.5 Å². The van der Waals surface area contributed by atoms with Gasteiger partial charge in [0.2, 0.25) is 0 Å². The number of benzene rings is 1. The second-order valence-corrected chi connectivity index (χ2v) is 2.58. The molecular weight excluding hydrogens is 180 g/mol. The highest BCUT2D eigenvalue weighted by atomic mass is 16.5. The molecule has 0 aromatic heterocycles. The van der Waals surface area contributed by atoms with E-state index in [4.69, 9.17) is 17.3 Å². The molecule has 0 aliphatic carbocycles. The number of methoxy groups -OCH3 is 2. The third-order valence-corrected chi connectivity index (χ3v) is 1.76. The molecule has 0 aliphatic rings. The Kier molecular flexibility index (Phi) is 2.98. The molecule has 76 valence electrons. The maximum atomic E-state index is 8.90. The highest BCUT2D eigenvalue weighted by Gasteiger charge is 2.01. The van der Waals surface area contributed by atoms with Gasteiger partial charge in [0, 0.05) is 0 Å². The molecule has 1 aromatic carbocycles. The summed E-state index contributed by atoms with van der Waals surface area (Å²) >= 11 is 0. The van der Waals surface area contributed by atoms with Crippen LogP contribution in [0.15, 0.2) is 24.3 Å². The van der Waals surface area contributed by atoms with Crippen molar-refractivity contribution in [1.29, 1.82) is 0 Å². The quantitative estimate of drug-likeness (QED) is 0.796. The molecule has 1 rings (SSSR count). The number of rotatable bonds is 4. The molecule has 0 bridgehead atoms. The van der Waals surface area contributed by atoms with Crippen molar-refractivity contribution < 1.29 is 17.3 Å². The van der Waals surface area contributed by atoms with Gasteiger partial charge in [-0.2, -0.15) is 0 Å². The molecule has 0 saturated heterocycles. The Balaban J connectivity index is 2.96. The Hall–Kier alpha value is -1.48. The second kappa shape index (κ2) is 5.29. The molecule has 1 N–H and O–H groups in total. The molecule has 14 heavy (non-hydrogen) atoms. The van der Waals surface area contributed by atoms with Crippen LogP contribution in [0.3, 0.4) is 0 Å². The molecule has 0 unspecified atom stereocenters. The highest BCUT2D eigenvalue weighted by Crippen LogP contribution is 2.27. The predicted molar refractivity (Wildman–Crippen MR) is 55.7 cm³/mol. The number of aliphatic hydroxyl groups is 1. The average Bonchev–Trinajstić information content (AvgIpc) is 2.25. The van der Waals surface area contributed by atoms with Crippen molar-refractivity contribution in [3.05, 3.63) is 29.8 Å². The number of hydrogen-bond acceptors (Lipinski definition) is 3. The maximum Gasteiger partial charge on any atom is 0.161 e. The Bertz CT molecular complexity index is 383. The molecule has 0 amide bonds. The van der Waals surface area contributed by atoms with Gasteiger partial charge in [0.15, 0.2) is 11.5 Å². The summed E-state index contributed by atoms with van der Waals surface area (Å²) in [5, 5.41) is 8.90. The van der Waals surface area contributed by atoms with Crippen LogP contribution in [0, 0.1) is 0 Å². The third-order valence-electron chi connectivity index (χ3n) is 1.76. The average molecular weight is 196 g/mol. The van der Waals surface area contributed by atoms with Crippen molar-refractivity contribution >= 4 is 6.08 Å². The lowest BCUT2D eigenvalue weighted by molar-refractivity contribution is 0.343. The zero-order valence-corrected chi connectivity index (χ0v) is 8.15. The summed E-state index contributed by atoms with van der Waals surface area (Å²) in [7, 11) is 3.07. The molecule has 0 aliphatic heterocycles. The van der Waals surface area contributed by atoms with Crippen molar-refractivity contribution in [2.24, 2.45) is 0 Å². The van der Waals surface area contributed by atoms with Gasteiger partial charge in [-0.3, -0.25) is 0 Å². The zero-order chi connectivity index (χ0) is 12.2. The summed E-state index contributed by atoms with van der Waals surface area (Å²) in [5.74, 6) is 1.16. The molecule has 1 aromatic rings. The van der Waals surface area contributed by atoms with E-state index in [1.807, 2.05) is 0 Å². The van der Waals surface area contributed by atoms with E-state index in [0.717, 1.165) is 11.6 Å². The monoisotopic (exact) mass is 196 g/mol. The largest absolute Gasteiger partial charge is 0.493 e. The molecule has 0 radical (unpaired) electrons. The van der Waals surface area contributed by atoms with Gasteiger partial charge in [-0.05, 0) is 17.7 Å². The normalized spacial score (nSPS) is 13.6. The summed E-state index contributed by atoms with van der Waals surface area (Å²) in [6, 6.07) is 5.15. The molecule has 0 fully saturated rings. The molecule has 0 heterocycles. The predicted octanol–water partition coefficient (Wildman–Crippen LogP) is 1.71. The van der Waals surface area contributed by atoms with Crippen LogP contribution < -0.4 is 9.47 Å². The topological polar surface area (TPSA) is 38.7 Å². The van der Waals surface area contributed by atoms with E-state index in [1.165, 1.54) is 13.2 Å². The molecule has 0 spiro atoms. The first-order chi connectivity index (χ1) is 7.46. The summed E-state index contributed by atoms with van der Waals surface area (Å²) in [4.78, 5) is 0. The fraction of sp³-hybridized carbons (Fsp3) is 0.273. The van der Waals surface area contributed by atoms with Gasteiger partial charge in [-0.15, -0.1) is 0 Å². The van der Waals surface area contributed by atoms with Crippen LogP contribution in [0.1, 0.15) is 8.30 Å². The van der Waals surface area contributed by atoms with Crippen LogP contribution in [0.4, 0.5) is 0 Å². The summed E-state index contributed by atoms with van der Waals surface area (Å²) < 4.78 is 24.0. The van der Waals surface area contributed by atoms with Crippen molar-refractivity contribution in [3.63, 3.8) is 0 Å². The van der Waals surface area contributed by atoms with E-state index >= 15 is 0 Å². The number of hydrogen-bond donors (Lipinski definition) is 1. The Labute approximate surface area is 86.4 Å². The Morgan fingerprint density at radius 2 is 2.07 bits per heavy atom. The molecule has 3 nitrogen and oxygen atoms in total. The molecule has 0 atom stereocenters. The van der Waals surface area contributed by atoms with Crippen LogP contribution in [0.25, 0.3) is 6.08 Å². The van der Waals surface area contributed by atoms with E-state index in [9.17, 15) is 0 Å². The van der Waals surface area contributed by atoms with E-state index < -0.39 is 6.56 Å². The van der Waals surface area contributed by atoms with Gasteiger partial charge < -0.3 is 14.6 Å². The smallest absolute Gasteiger partial charge is 0.161 e. The lowest BCUT2D eigenvalue weighted by atomic mass is 10.2. The molecule has 0 saturated carbocycles. The first kappa shape index (κ1) is 7.88. The van der Waals surface area contributed by atoms with Crippen LogP contribution >= 0.6 is 0 Å². The van der Waals surface area contributed by atoms with Gasteiger partial charge in [-0.1, -0.05) is 18.2 Å². The Morgan fingerprint density at radius 3 is 2.64 bits per heavy atom. The minimum Gasteiger partial charge on any atom is -0.493 e. The number of ether oxygens (including phenoxy) is 2. The minimum absolute atomic E-state index is 0.558. The fourth-order valence-electron chi connectivity index (χ4n) is 1.09. The van der Waals surface area contributed by atoms with Gasteiger partial charge >= 0.3 is 0 Å². The minimum atomic E-state index is -2.31. The van der Waals surface area contributed by atoms with Gasteiger partial charge in [0.25, 0.3) is 0 Å². The van der Waals surface area contributed by atoms with Crippen molar-refractivity contribution in [2.75, 3.05) is 20.8 Å². The lowest BCUT2D eigenvalue weighted by Crippen LogP contribution is -1.90. The van der Waals surface area contributed by atoms with E-state index in [-0.39, 0.29) is 0 Å². The van der Waals surface area contributed by atoms with Crippen LogP contribution in [0.2, 0.25) is 0 Å². The van der Waals surface area contributed by atoms with E-state index in [2.05, 4.69) is 0 Å².